The summed E-state index contributed by atoms with van der Waals surface area (Å²) in [4.78, 5) is 10.2. The second-order valence-electron chi connectivity index (χ2n) is 1.44. The van der Waals surface area contributed by atoms with E-state index in [4.69, 9.17) is 5.73 Å². The molecular weight excluding hydrogens is 118 g/mol. The van der Waals surface area contributed by atoms with Crippen molar-refractivity contribution in [1.82, 2.24) is 15.9 Å². The minimum atomic E-state index is -0.803. The lowest BCUT2D eigenvalue weighted by Crippen LogP contribution is -2.02. The molecule has 1 aromatic heterocycles. The van der Waals surface area contributed by atoms with E-state index in [0.717, 1.165) is 0 Å². The zero-order valence-corrected chi connectivity index (χ0v) is 4.53. The summed E-state index contributed by atoms with van der Waals surface area (Å²) in [6.07, 6.45) is 1.45. The topological polar surface area (TPSA) is 66.7 Å². The molecule has 0 bridgehead atoms. The average Bonchev–Trinajstić information content (AvgIpc) is 1.90. The highest BCUT2D eigenvalue weighted by Crippen LogP contribution is 1.87. The van der Waals surface area contributed by atoms with Crippen molar-refractivity contribution in [3.05, 3.63) is 24.0 Å². The minimum Gasteiger partial charge on any atom is -0.266 e. The van der Waals surface area contributed by atoms with Crippen LogP contribution >= 0.6 is 0 Å². The Balaban J connectivity index is 2.98. The normalized spacial score (nSPS) is 8.89. The third kappa shape index (κ3) is 1.22. The Morgan fingerprint density at radius 1 is 1.67 bits per heavy atom. The second kappa shape index (κ2) is 2.21. The van der Waals surface area contributed by atoms with E-state index in [0.29, 0.717) is 0 Å². The minimum absolute atomic E-state index is 0.0810. The number of carbonyl (C=O) groups excluding carboxylic acids is 1. The van der Waals surface area contributed by atoms with Crippen LogP contribution in [0.5, 0.6) is 0 Å². The van der Waals surface area contributed by atoms with E-state index in [9.17, 15) is 4.79 Å². The largest absolute Gasteiger partial charge is 0.290 e. The van der Waals surface area contributed by atoms with Gasteiger partial charge in [0, 0.05) is 6.20 Å². The van der Waals surface area contributed by atoms with Crippen LogP contribution in [0, 0.1) is 0 Å². The van der Waals surface area contributed by atoms with Crippen molar-refractivity contribution in [3.8, 4) is 0 Å². The summed E-state index contributed by atoms with van der Waals surface area (Å²) < 4.78 is 0. The molecule has 1 radical (unpaired) electrons. The van der Waals surface area contributed by atoms with Gasteiger partial charge in [0.1, 0.15) is 0 Å². The molecule has 0 aliphatic heterocycles. The molecule has 0 fully saturated rings. The fraction of sp³-hybridized carbons (Fsp3) is 0. The van der Waals surface area contributed by atoms with Crippen molar-refractivity contribution in [2.24, 2.45) is 0 Å². The van der Waals surface area contributed by atoms with E-state index in [1.807, 2.05) is 0 Å². The molecule has 9 heavy (non-hydrogen) atoms. The van der Waals surface area contributed by atoms with E-state index in [2.05, 4.69) is 10.2 Å². The van der Waals surface area contributed by atoms with Crippen LogP contribution in [0.25, 0.3) is 0 Å². The van der Waals surface area contributed by atoms with Gasteiger partial charge in [-0.25, -0.2) is 0 Å². The third-order valence-corrected chi connectivity index (χ3v) is 0.805. The summed E-state index contributed by atoms with van der Waals surface area (Å²) in [5, 5.41) is 6.81. The summed E-state index contributed by atoms with van der Waals surface area (Å²) in [6, 6.07) is 3.01. The van der Waals surface area contributed by atoms with Gasteiger partial charge in [-0.05, 0) is 12.1 Å². The first-order valence-corrected chi connectivity index (χ1v) is 2.34. The Morgan fingerprint density at radius 2 is 2.44 bits per heavy atom. The van der Waals surface area contributed by atoms with E-state index < -0.39 is 5.91 Å². The van der Waals surface area contributed by atoms with Crippen LogP contribution < -0.4 is 5.73 Å². The third-order valence-electron chi connectivity index (χ3n) is 0.805. The van der Waals surface area contributed by atoms with Crippen LogP contribution in [-0.2, 0) is 0 Å². The fourth-order valence-electron chi connectivity index (χ4n) is 0.423. The molecule has 0 saturated carbocycles. The van der Waals surface area contributed by atoms with Crippen molar-refractivity contribution in [3.63, 3.8) is 0 Å². The SMILES string of the molecule is [NH]C(=O)c1cccnn1. The van der Waals surface area contributed by atoms with Crippen LogP contribution in [0.3, 0.4) is 0 Å². The van der Waals surface area contributed by atoms with E-state index >= 15 is 0 Å². The molecule has 1 aromatic rings. The van der Waals surface area contributed by atoms with Gasteiger partial charge in [-0.1, -0.05) is 0 Å². The van der Waals surface area contributed by atoms with Crippen molar-refractivity contribution in [2.45, 2.75) is 0 Å². The van der Waals surface area contributed by atoms with Crippen molar-refractivity contribution in [2.75, 3.05) is 0 Å². The van der Waals surface area contributed by atoms with Gasteiger partial charge in [0.2, 0.25) is 0 Å². The van der Waals surface area contributed by atoms with Crippen molar-refractivity contribution < 1.29 is 4.79 Å². The predicted octanol–water partition coefficient (Wildman–Crippen LogP) is -0.100. The first kappa shape index (κ1) is 5.68. The van der Waals surface area contributed by atoms with Gasteiger partial charge in [-0.2, -0.15) is 5.10 Å². The molecule has 1 rings (SSSR count). The molecule has 0 atom stereocenters. The molecule has 0 saturated heterocycles. The van der Waals surface area contributed by atoms with E-state index in [1.165, 1.54) is 12.3 Å². The highest BCUT2D eigenvalue weighted by atomic mass is 16.1. The number of hydrogen-bond acceptors (Lipinski definition) is 3. The lowest BCUT2D eigenvalue weighted by Gasteiger charge is -1.85. The van der Waals surface area contributed by atoms with Crippen molar-refractivity contribution in [1.29, 1.82) is 0 Å². The molecule has 4 nitrogen and oxygen atoms in total. The Hall–Kier alpha value is -1.45. The number of nitrogens with one attached hydrogen (secondary N) is 1. The summed E-state index contributed by atoms with van der Waals surface area (Å²) in [7, 11) is 0. The summed E-state index contributed by atoms with van der Waals surface area (Å²) in [6.45, 7) is 0. The lowest BCUT2D eigenvalue weighted by atomic mass is 10.4. The first-order chi connectivity index (χ1) is 4.30. The number of nitrogens with zero attached hydrogens (tertiary/aromatic N) is 2. The second-order valence-corrected chi connectivity index (χ2v) is 1.44. The van der Waals surface area contributed by atoms with Gasteiger partial charge in [-0.15, -0.1) is 5.10 Å². The van der Waals surface area contributed by atoms with Gasteiger partial charge in [0.25, 0.3) is 5.91 Å². The molecule has 1 amide bonds. The highest BCUT2D eigenvalue weighted by molar-refractivity contribution is 5.89. The number of aromatic nitrogens is 2. The van der Waals surface area contributed by atoms with Gasteiger partial charge >= 0.3 is 0 Å². The number of hydrogen-bond donors (Lipinski definition) is 0. The summed E-state index contributed by atoms with van der Waals surface area (Å²) >= 11 is 0. The highest BCUT2D eigenvalue weighted by Gasteiger charge is 1.98. The molecule has 0 aromatic carbocycles. The number of rotatable bonds is 1. The molecular formula is C5H4N3O. The zero-order valence-electron chi connectivity index (χ0n) is 4.53. The summed E-state index contributed by atoms with van der Waals surface area (Å²) in [5.41, 5.74) is 6.66. The number of carbonyl (C=O) groups is 1. The Kier molecular flexibility index (Phi) is 1.40. The van der Waals surface area contributed by atoms with Gasteiger partial charge in [0.05, 0.1) is 0 Å². The fourth-order valence-corrected chi connectivity index (χ4v) is 0.423. The predicted molar refractivity (Wildman–Crippen MR) is 29.5 cm³/mol. The maximum Gasteiger partial charge on any atom is 0.290 e. The lowest BCUT2D eigenvalue weighted by molar-refractivity contribution is 0.0986. The van der Waals surface area contributed by atoms with Gasteiger partial charge < -0.3 is 0 Å². The Morgan fingerprint density at radius 3 is 2.78 bits per heavy atom. The monoisotopic (exact) mass is 122 g/mol. The Labute approximate surface area is 51.7 Å². The van der Waals surface area contributed by atoms with Gasteiger partial charge in [-0.3, -0.25) is 10.5 Å². The molecule has 0 spiro atoms. The molecule has 0 unspecified atom stereocenters. The quantitative estimate of drug-likeness (QED) is 0.522. The standard InChI is InChI=1S/C5H4N3O/c6-5(9)4-2-1-3-7-8-4/h1-3,6H. The molecule has 1 N–H and O–H groups in total. The number of amides is 1. The molecule has 0 aliphatic carbocycles. The van der Waals surface area contributed by atoms with Crippen LogP contribution in [0.15, 0.2) is 18.3 Å². The molecule has 1 heterocycles. The van der Waals surface area contributed by atoms with E-state index in [-0.39, 0.29) is 5.69 Å². The van der Waals surface area contributed by atoms with Crippen LogP contribution in [0.1, 0.15) is 10.5 Å². The average molecular weight is 122 g/mol. The first-order valence-electron chi connectivity index (χ1n) is 2.34. The van der Waals surface area contributed by atoms with Crippen molar-refractivity contribution >= 4 is 5.91 Å². The maximum atomic E-state index is 10.2. The van der Waals surface area contributed by atoms with Crippen LogP contribution in [0.4, 0.5) is 0 Å². The molecule has 4 heteroatoms. The molecule has 0 aliphatic rings. The van der Waals surface area contributed by atoms with E-state index in [1.54, 1.807) is 6.07 Å². The maximum absolute atomic E-state index is 10.2. The smallest absolute Gasteiger partial charge is 0.266 e. The van der Waals surface area contributed by atoms with Crippen LogP contribution in [0.2, 0.25) is 0 Å². The Bertz CT molecular complexity index is 209. The van der Waals surface area contributed by atoms with Crippen LogP contribution in [-0.4, -0.2) is 16.1 Å². The zero-order chi connectivity index (χ0) is 6.69. The summed E-state index contributed by atoms with van der Waals surface area (Å²) in [5.74, 6) is -0.803. The molecule has 45 valence electrons. The van der Waals surface area contributed by atoms with Gasteiger partial charge in [0.15, 0.2) is 5.69 Å².